The van der Waals surface area contributed by atoms with E-state index in [1.165, 1.54) is 0 Å². The topological polar surface area (TPSA) is 60.9 Å². The number of hydrogen-bond acceptors (Lipinski definition) is 4. The number of rotatable bonds is 2. The van der Waals surface area contributed by atoms with Gasteiger partial charge in [0.15, 0.2) is 0 Å². The van der Waals surface area contributed by atoms with Crippen molar-refractivity contribution in [3.05, 3.63) is 56.4 Å². The quantitative estimate of drug-likeness (QED) is 0.783. The molecule has 0 saturated heterocycles. The number of nitrogen functional groups attached to an aromatic ring is 1. The van der Waals surface area contributed by atoms with Gasteiger partial charge in [0.2, 0.25) is 0 Å². The lowest BCUT2D eigenvalue weighted by Gasteiger charge is -2.05. The van der Waals surface area contributed by atoms with Crippen LogP contribution in [0.4, 0.5) is 5.69 Å². The van der Waals surface area contributed by atoms with Crippen molar-refractivity contribution in [2.75, 3.05) is 5.73 Å². The molecule has 3 aromatic rings. The van der Waals surface area contributed by atoms with Crippen LogP contribution in [0.15, 0.2) is 45.8 Å². The van der Waals surface area contributed by atoms with E-state index in [4.69, 9.17) is 5.73 Å². The first kappa shape index (κ1) is 12.4. The number of thiazole rings is 1. The van der Waals surface area contributed by atoms with Crippen LogP contribution < -0.4 is 11.3 Å². The molecule has 2 aromatic heterocycles. The highest BCUT2D eigenvalue weighted by Gasteiger charge is 2.07. The number of hydrogen-bond donors (Lipinski definition) is 1. The summed E-state index contributed by atoms with van der Waals surface area (Å²) in [5.74, 6) is 0. The van der Waals surface area contributed by atoms with E-state index >= 15 is 0 Å². The van der Waals surface area contributed by atoms with Gasteiger partial charge in [0, 0.05) is 11.9 Å². The standard InChI is InChI=1S/C13H10BrN3OS/c14-9-5-8(15)6-17(13(9)18)7-12-16-10-3-1-2-4-11(10)19-12/h1-6H,7,15H2. The first-order valence-corrected chi connectivity index (χ1v) is 7.24. The van der Waals surface area contributed by atoms with E-state index in [2.05, 4.69) is 20.9 Å². The molecule has 1 aromatic carbocycles. The lowest BCUT2D eigenvalue weighted by atomic mass is 10.3. The molecular formula is C13H10BrN3OS. The minimum Gasteiger partial charge on any atom is -0.398 e. The van der Waals surface area contributed by atoms with Gasteiger partial charge in [0.05, 0.1) is 21.2 Å². The monoisotopic (exact) mass is 335 g/mol. The van der Waals surface area contributed by atoms with Gasteiger partial charge in [-0.2, -0.15) is 0 Å². The number of nitrogens with two attached hydrogens (primary N) is 1. The summed E-state index contributed by atoms with van der Waals surface area (Å²) in [6.45, 7) is 0.432. The highest BCUT2D eigenvalue weighted by Crippen LogP contribution is 2.22. The second kappa shape index (κ2) is 4.79. The molecule has 0 aliphatic rings. The number of halogens is 1. The molecule has 0 bridgehead atoms. The van der Waals surface area contributed by atoms with Crippen molar-refractivity contribution in [3.63, 3.8) is 0 Å². The van der Waals surface area contributed by atoms with Gasteiger partial charge in [0.25, 0.3) is 5.56 Å². The third kappa shape index (κ3) is 2.41. The molecule has 2 heterocycles. The zero-order valence-electron chi connectivity index (χ0n) is 9.84. The summed E-state index contributed by atoms with van der Waals surface area (Å²) in [6.07, 6.45) is 1.64. The van der Waals surface area contributed by atoms with Crippen molar-refractivity contribution >= 4 is 43.2 Å². The van der Waals surface area contributed by atoms with Gasteiger partial charge in [-0.05, 0) is 34.1 Å². The lowest BCUT2D eigenvalue weighted by molar-refractivity contribution is 0.753. The van der Waals surface area contributed by atoms with E-state index in [0.717, 1.165) is 15.2 Å². The molecule has 0 spiro atoms. The van der Waals surface area contributed by atoms with Crippen LogP contribution in [0.1, 0.15) is 5.01 Å². The minimum absolute atomic E-state index is 0.103. The molecule has 0 amide bonds. The molecule has 6 heteroatoms. The summed E-state index contributed by atoms with van der Waals surface area (Å²) in [5.41, 5.74) is 7.15. The Kier molecular flexibility index (Phi) is 3.12. The number of nitrogens with zero attached hydrogens (tertiary/aromatic N) is 2. The maximum Gasteiger partial charge on any atom is 0.265 e. The van der Waals surface area contributed by atoms with E-state index in [9.17, 15) is 4.79 Å². The number of fused-ring (bicyclic) bond motifs is 1. The Bertz CT molecular complexity index is 776. The fraction of sp³-hybridized carbons (Fsp3) is 0.0769. The van der Waals surface area contributed by atoms with Gasteiger partial charge in [-0.15, -0.1) is 11.3 Å². The third-order valence-electron chi connectivity index (χ3n) is 2.71. The van der Waals surface area contributed by atoms with Crippen LogP contribution in [0.3, 0.4) is 0 Å². The Labute approximate surface area is 121 Å². The second-order valence-electron chi connectivity index (χ2n) is 4.13. The molecule has 0 radical (unpaired) electrons. The van der Waals surface area contributed by atoms with Gasteiger partial charge in [0.1, 0.15) is 5.01 Å². The van der Waals surface area contributed by atoms with Crippen LogP contribution in [-0.2, 0) is 6.54 Å². The zero-order valence-corrected chi connectivity index (χ0v) is 12.2. The summed E-state index contributed by atoms with van der Waals surface area (Å²) < 4.78 is 3.15. The minimum atomic E-state index is -0.103. The van der Waals surface area contributed by atoms with E-state index in [-0.39, 0.29) is 5.56 Å². The number of pyridine rings is 1. The van der Waals surface area contributed by atoms with Crippen LogP contribution in [-0.4, -0.2) is 9.55 Å². The Hall–Kier alpha value is -1.66. The molecule has 0 aliphatic heterocycles. The second-order valence-corrected chi connectivity index (χ2v) is 6.10. The molecular weight excluding hydrogens is 326 g/mol. The summed E-state index contributed by atoms with van der Waals surface area (Å²) in [4.78, 5) is 16.5. The van der Waals surface area contributed by atoms with Gasteiger partial charge in [-0.3, -0.25) is 4.79 Å². The van der Waals surface area contributed by atoms with Crippen molar-refractivity contribution in [1.29, 1.82) is 0 Å². The van der Waals surface area contributed by atoms with Crippen LogP contribution in [0.25, 0.3) is 10.2 Å². The Morgan fingerprint density at radius 1 is 1.37 bits per heavy atom. The smallest absolute Gasteiger partial charge is 0.265 e. The molecule has 0 atom stereocenters. The summed E-state index contributed by atoms with van der Waals surface area (Å²) in [7, 11) is 0. The molecule has 0 fully saturated rings. The molecule has 2 N–H and O–H groups in total. The van der Waals surface area contributed by atoms with Crippen molar-refractivity contribution in [2.45, 2.75) is 6.54 Å². The van der Waals surface area contributed by atoms with Crippen molar-refractivity contribution < 1.29 is 0 Å². The molecule has 96 valence electrons. The summed E-state index contributed by atoms with van der Waals surface area (Å²) in [5, 5.41) is 0.890. The summed E-state index contributed by atoms with van der Waals surface area (Å²) >= 11 is 4.80. The number of para-hydroxylation sites is 1. The molecule has 0 unspecified atom stereocenters. The van der Waals surface area contributed by atoms with Gasteiger partial charge in [-0.25, -0.2) is 4.98 Å². The number of aromatic nitrogens is 2. The highest BCUT2D eigenvalue weighted by atomic mass is 79.9. The highest BCUT2D eigenvalue weighted by molar-refractivity contribution is 9.10. The zero-order chi connectivity index (χ0) is 13.4. The predicted octanol–water partition coefficient (Wildman–Crippen LogP) is 2.85. The SMILES string of the molecule is Nc1cc(Br)c(=O)n(Cc2nc3ccccc3s2)c1. The number of anilines is 1. The maximum absolute atomic E-state index is 12.0. The fourth-order valence-corrected chi connectivity index (χ4v) is 3.33. The van der Waals surface area contributed by atoms with Crippen LogP contribution in [0.5, 0.6) is 0 Å². The van der Waals surface area contributed by atoms with Crippen LogP contribution in [0.2, 0.25) is 0 Å². The Balaban J connectivity index is 2.03. The van der Waals surface area contributed by atoms with E-state index in [0.29, 0.717) is 16.7 Å². The van der Waals surface area contributed by atoms with Gasteiger partial charge in [-0.1, -0.05) is 12.1 Å². The Morgan fingerprint density at radius 3 is 2.95 bits per heavy atom. The van der Waals surface area contributed by atoms with E-state index < -0.39 is 0 Å². The lowest BCUT2D eigenvalue weighted by Crippen LogP contribution is -2.21. The van der Waals surface area contributed by atoms with E-state index in [1.807, 2.05) is 24.3 Å². The molecule has 4 nitrogen and oxygen atoms in total. The number of benzene rings is 1. The van der Waals surface area contributed by atoms with Crippen molar-refractivity contribution in [2.24, 2.45) is 0 Å². The first-order valence-electron chi connectivity index (χ1n) is 5.63. The van der Waals surface area contributed by atoms with E-state index in [1.54, 1.807) is 28.2 Å². The molecule has 3 rings (SSSR count). The fourth-order valence-electron chi connectivity index (χ4n) is 1.87. The Morgan fingerprint density at radius 2 is 2.16 bits per heavy atom. The molecule has 0 aliphatic carbocycles. The largest absolute Gasteiger partial charge is 0.398 e. The average Bonchev–Trinajstić information content (AvgIpc) is 2.77. The van der Waals surface area contributed by atoms with Gasteiger partial charge >= 0.3 is 0 Å². The molecule has 19 heavy (non-hydrogen) atoms. The molecule has 0 saturated carbocycles. The average molecular weight is 336 g/mol. The van der Waals surface area contributed by atoms with Crippen LogP contribution >= 0.6 is 27.3 Å². The maximum atomic E-state index is 12.0. The first-order chi connectivity index (χ1) is 9.13. The van der Waals surface area contributed by atoms with Crippen LogP contribution in [0, 0.1) is 0 Å². The van der Waals surface area contributed by atoms with Crippen molar-refractivity contribution in [3.8, 4) is 0 Å². The summed E-state index contributed by atoms with van der Waals surface area (Å²) in [6, 6.07) is 9.53. The third-order valence-corrected chi connectivity index (χ3v) is 4.30. The normalized spacial score (nSPS) is 11.0. The predicted molar refractivity (Wildman–Crippen MR) is 81.5 cm³/mol. The van der Waals surface area contributed by atoms with Crippen molar-refractivity contribution in [1.82, 2.24) is 9.55 Å². The van der Waals surface area contributed by atoms with Gasteiger partial charge < -0.3 is 10.3 Å².